The summed E-state index contributed by atoms with van der Waals surface area (Å²) in [5, 5.41) is 3.02. The van der Waals surface area contributed by atoms with Crippen molar-refractivity contribution in [2.24, 2.45) is 0 Å². The van der Waals surface area contributed by atoms with Crippen LogP contribution in [0.2, 0.25) is 5.02 Å². The number of hydrogen-bond donors (Lipinski definition) is 1. The number of rotatable bonds is 5. The zero-order chi connectivity index (χ0) is 15.5. The van der Waals surface area contributed by atoms with Gasteiger partial charge in [-0.25, -0.2) is 8.42 Å². The highest BCUT2D eigenvalue weighted by Crippen LogP contribution is 2.27. The average Bonchev–Trinajstić information content (AvgIpc) is 2.37. The van der Waals surface area contributed by atoms with E-state index >= 15 is 0 Å². The van der Waals surface area contributed by atoms with Gasteiger partial charge in [0, 0.05) is 27.3 Å². The van der Waals surface area contributed by atoms with Crippen LogP contribution in [-0.4, -0.2) is 20.4 Å². The summed E-state index contributed by atoms with van der Waals surface area (Å²) in [6.45, 7) is 5.47. The van der Waals surface area contributed by atoms with Gasteiger partial charge in [-0.2, -0.15) is 0 Å². The summed E-state index contributed by atoms with van der Waals surface area (Å²) in [7, 11) is 1.41. The molecule has 1 N–H and O–H groups in total. The van der Waals surface area contributed by atoms with Gasteiger partial charge in [-0.1, -0.05) is 25.4 Å². The molecule has 0 aromatic heterocycles. The molecule has 112 valence electrons. The summed E-state index contributed by atoms with van der Waals surface area (Å²) >= 11 is 5.97. The zero-order valence-corrected chi connectivity index (χ0v) is 13.9. The number of carbonyl (C=O) groups is 1. The molecule has 0 saturated carbocycles. The lowest BCUT2D eigenvalue weighted by Crippen LogP contribution is -2.33. The van der Waals surface area contributed by atoms with Crippen molar-refractivity contribution in [3.05, 3.63) is 28.3 Å². The van der Waals surface area contributed by atoms with E-state index in [1.165, 1.54) is 12.1 Å². The molecule has 0 spiro atoms. The van der Waals surface area contributed by atoms with E-state index in [0.29, 0.717) is 5.56 Å². The van der Waals surface area contributed by atoms with Crippen LogP contribution < -0.4 is 5.32 Å². The minimum absolute atomic E-state index is 0.0404. The van der Waals surface area contributed by atoms with Gasteiger partial charge in [0.15, 0.2) is 0 Å². The molecule has 0 fully saturated rings. The quantitative estimate of drug-likeness (QED) is 0.836. The molecule has 0 aliphatic heterocycles. The van der Waals surface area contributed by atoms with Crippen molar-refractivity contribution >= 4 is 37.2 Å². The van der Waals surface area contributed by atoms with Gasteiger partial charge in [0.2, 0.25) is 0 Å². The van der Waals surface area contributed by atoms with Crippen LogP contribution in [0.4, 0.5) is 0 Å². The molecule has 0 saturated heterocycles. The summed E-state index contributed by atoms with van der Waals surface area (Å²) in [6.07, 6.45) is 1.59. The fraction of sp³-hybridized carbons (Fsp3) is 0.462. The standard InChI is InChI=1S/C13H17Cl2NO3S/c1-4-10(5-2)16-13(17)9-6-11(14)8(3)12(7-9)20(15,18)19/h6-7,10H,4-5H2,1-3H3,(H,16,17). The normalized spacial score (nSPS) is 11.7. The summed E-state index contributed by atoms with van der Waals surface area (Å²) < 4.78 is 23.0. The molecular weight excluding hydrogens is 321 g/mol. The van der Waals surface area contributed by atoms with E-state index in [9.17, 15) is 13.2 Å². The van der Waals surface area contributed by atoms with E-state index in [4.69, 9.17) is 22.3 Å². The highest BCUT2D eigenvalue weighted by molar-refractivity contribution is 8.13. The Morgan fingerprint density at radius 1 is 1.30 bits per heavy atom. The minimum Gasteiger partial charge on any atom is -0.349 e. The van der Waals surface area contributed by atoms with Crippen molar-refractivity contribution in [1.29, 1.82) is 0 Å². The molecule has 7 heteroatoms. The third-order valence-electron chi connectivity index (χ3n) is 3.14. The molecule has 20 heavy (non-hydrogen) atoms. The second-order valence-electron chi connectivity index (χ2n) is 4.51. The molecule has 1 amide bonds. The summed E-state index contributed by atoms with van der Waals surface area (Å²) in [6, 6.07) is 2.74. The summed E-state index contributed by atoms with van der Waals surface area (Å²) in [4.78, 5) is 12.0. The Hall–Kier alpha value is -0.780. The molecule has 0 radical (unpaired) electrons. The van der Waals surface area contributed by atoms with Crippen molar-refractivity contribution in [1.82, 2.24) is 5.32 Å². The highest BCUT2D eigenvalue weighted by atomic mass is 35.7. The smallest absolute Gasteiger partial charge is 0.261 e. The summed E-state index contributed by atoms with van der Waals surface area (Å²) in [5.41, 5.74) is 0.521. The molecule has 0 bridgehead atoms. The molecule has 0 aliphatic rings. The molecule has 0 atom stereocenters. The maximum absolute atomic E-state index is 12.1. The molecule has 4 nitrogen and oxygen atoms in total. The van der Waals surface area contributed by atoms with Gasteiger partial charge in [0.25, 0.3) is 15.0 Å². The van der Waals surface area contributed by atoms with E-state index in [0.717, 1.165) is 12.8 Å². The summed E-state index contributed by atoms with van der Waals surface area (Å²) in [5.74, 6) is -0.359. The molecule has 1 rings (SSSR count). The first-order chi connectivity index (χ1) is 9.20. The monoisotopic (exact) mass is 337 g/mol. The van der Waals surface area contributed by atoms with Gasteiger partial charge >= 0.3 is 0 Å². The van der Waals surface area contributed by atoms with E-state index in [-0.39, 0.29) is 27.4 Å². The Labute approximate surface area is 128 Å². The fourth-order valence-corrected chi connectivity index (χ4v) is 3.30. The van der Waals surface area contributed by atoms with Crippen LogP contribution in [-0.2, 0) is 9.05 Å². The maximum Gasteiger partial charge on any atom is 0.261 e. The van der Waals surface area contributed by atoms with Crippen LogP contribution in [0.5, 0.6) is 0 Å². The van der Waals surface area contributed by atoms with Crippen molar-refractivity contribution < 1.29 is 13.2 Å². The van der Waals surface area contributed by atoms with Crippen LogP contribution in [0, 0.1) is 6.92 Å². The third kappa shape index (κ3) is 4.11. The second kappa shape index (κ2) is 6.78. The highest BCUT2D eigenvalue weighted by Gasteiger charge is 2.20. The predicted octanol–water partition coefficient (Wildman–Crippen LogP) is 3.49. The van der Waals surface area contributed by atoms with Gasteiger partial charge in [-0.05, 0) is 37.5 Å². The number of amides is 1. The van der Waals surface area contributed by atoms with Crippen molar-refractivity contribution in [3.63, 3.8) is 0 Å². The van der Waals surface area contributed by atoms with Crippen LogP contribution in [0.3, 0.4) is 0 Å². The Morgan fingerprint density at radius 2 is 1.85 bits per heavy atom. The van der Waals surface area contributed by atoms with Gasteiger partial charge in [-0.3, -0.25) is 4.79 Å². The SMILES string of the molecule is CCC(CC)NC(=O)c1cc(Cl)c(C)c(S(=O)(=O)Cl)c1. The number of benzene rings is 1. The van der Waals surface area contributed by atoms with Crippen molar-refractivity contribution in [2.75, 3.05) is 0 Å². The van der Waals surface area contributed by atoms with E-state index in [2.05, 4.69) is 5.32 Å². The van der Waals surface area contributed by atoms with E-state index < -0.39 is 9.05 Å². The number of halogens is 2. The Balaban J connectivity index is 3.21. The molecule has 0 aliphatic carbocycles. The molecular formula is C13H17Cl2NO3S. The van der Waals surface area contributed by atoms with Gasteiger partial charge in [-0.15, -0.1) is 0 Å². The minimum atomic E-state index is -3.94. The number of nitrogens with one attached hydrogen (secondary N) is 1. The lowest BCUT2D eigenvalue weighted by Gasteiger charge is -2.15. The molecule has 1 aromatic carbocycles. The maximum atomic E-state index is 12.1. The zero-order valence-electron chi connectivity index (χ0n) is 11.5. The predicted molar refractivity (Wildman–Crippen MR) is 81.1 cm³/mol. The van der Waals surface area contributed by atoms with Crippen LogP contribution >= 0.6 is 22.3 Å². The third-order valence-corrected chi connectivity index (χ3v) is 4.98. The van der Waals surface area contributed by atoms with Crippen LogP contribution in [0.25, 0.3) is 0 Å². The van der Waals surface area contributed by atoms with E-state index in [1.54, 1.807) is 6.92 Å². The first-order valence-corrected chi connectivity index (χ1v) is 8.95. The largest absolute Gasteiger partial charge is 0.349 e. The van der Waals surface area contributed by atoms with Crippen LogP contribution in [0.15, 0.2) is 17.0 Å². The lowest BCUT2D eigenvalue weighted by molar-refractivity contribution is 0.0934. The van der Waals surface area contributed by atoms with Crippen molar-refractivity contribution in [2.45, 2.75) is 44.6 Å². The number of hydrogen-bond acceptors (Lipinski definition) is 3. The molecule has 0 unspecified atom stereocenters. The first kappa shape index (κ1) is 17.3. The molecule has 1 aromatic rings. The van der Waals surface area contributed by atoms with Gasteiger partial charge < -0.3 is 5.32 Å². The first-order valence-electron chi connectivity index (χ1n) is 6.26. The van der Waals surface area contributed by atoms with Gasteiger partial charge in [0.05, 0.1) is 4.90 Å². The Kier molecular flexibility index (Phi) is 5.86. The Morgan fingerprint density at radius 3 is 2.30 bits per heavy atom. The van der Waals surface area contributed by atoms with Crippen molar-refractivity contribution in [3.8, 4) is 0 Å². The fourth-order valence-electron chi connectivity index (χ4n) is 1.80. The lowest BCUT2D eigenvalue weighted by atomic mass is 10.1. The topological polar surface area (TPSA) is 63.2 Å². The van der Waals surface area contributed by atoms with Crippen LogP contribution in [0.1, 0.15) is 42.6 Å². The number of carbonyl (C=O) groups excluding carboxylic acids is 1. The Bertz CT molecular complexity index is 610. The second-order valence-corrected chi connectivity index (χ2v) is 7.45. The average molecular weight is 338 g/mol. The molecule has 0 heterocycles. The van der Waals surface area contributed by atoms with E-state index in [1.807, 2.05) is 13.8 Å². The van der Waals surface area contributed by atoms with Gasteiger partial charge in [0.1, 0.15) is 0 Å².